The fourth-order valence-corrected chi connectivity index (χ4v) is 1.85. The van der Waals surface area contributed by atoms with Gasteiger partial charge in [0.1, 0.15) is 5.75 Å². The highest BCUT2D eigenvalue weighted by atomic mass is 16.5. The summed E-state index contributed by atoms with van der Waals surface area (Å²) in [5.41, 5.74) is 0.825. The summed E-state index contributed by atoms with van der Waals surface area (Å²) in [7, 11) is 0. The van der Waals surface area contributed by atoms with Crippen molar-refractivity contribution in [2.45, 2.75) is 20.0 Å². The molecule has 0 aliphatic heterocycles. The van der Waals surface area contributed by atoms with Gasteiger partial charge >= 0.3 is 5.97 Å². The van der Waals surface area contributed by atoms with Crippen LogP contribution in [0.2, 0.25) is 0 Å². The van der Waals surface area contributed by atoms with Gasteiger partial charge in [-0.2, -0.15) is 0 Å². The number of amides is 1. The molecule has 6 heteroatoms. The summed E-state index contributed by atoms with van der Waals surface area (Å²) < 4.78 is 10.6. The highest BCUT2D eigenvalue weighted by Gasteiger charge is 2.20. The van der Waals surface area contributed by atoms with E-state index >= 15 is 0 Å². The topological polar surface area (TPSA) is 77.5 Å². The zero-order chi connectivity index (χ0) is 16.7. The van der Waals surface area contributed by atoms with Gasteiger partial charge in [0, 0.05) is 12.4 Å². The molecule has 1 amide bonds. The molecule has 120 valence electrons. The van der Waals surface area contributed by atoms with Crippen molar-refractivity contribution in [1.82, 2.24) is 4.98 Å². The first kappa shape index (κ1) is 16.5. The Hall–Kier alpha value is -2.89. The van der Waals surface area contributed by atoms with E-state index in [4.69, 9.17) is 9.47 Å². The second-order valence-corrected chi connectivity index (χ2v) is 4.71. The average Bonchev–Trinajstić information content (AvgIpc) is 2.57. The molecule has 1 aromatic carbocycles. The van der Waals surface area contributed by atoms with Crippen LogP contribution >= 0.6 is 0 Å². The van der Waals surface area contributed by atoms with Crippen molar-refractivity contribution in [3.63, 3.8) is 0 Å². The number of hydrogen-bond acceptors (Lipinski definition) is 5. The molecule has 1 aromatic heterocycles. The summed E-state index contributed by atoms with van der Waals surface area (Å²) in [6.45, 7) is 3.85. The summed E-state index contributed by atoms with van der Waals surface area (Å²) in [4.78, 5) is 27.9. The van der Waals surface area contributed by atoms with Crippen LogP contribution in [0.5, 0.6) is 5.75 Å². The summed E-state index contributed by atoms with van der Waals surface area (Å²) in [5.74, 6) is -0.470. The molecule has 6 nitrogen and oxygen atoms in total. The Morgan fingerprint density at radius 2 is 2.00 bits per heavy atom. The van der Waals surface area contributed by atoms with Gasteiger partial charge in [-0.25, -0.2) is 4.79 Å². The number of carbonyl (C=O) groups excluding carboxylic acids is 2. The predicted molar refractivity (Wildman–Crippen MR) is 85.4 cm³/mol. The molecule has 1 N–H and O–H groups in total. The monoisotopic (exact) mass is 314 g/mol. The zero-order valence-electron chi connectivity index (χ0n) is 13.0. The van der Waals surface area contributed by atoms with Gasteiger partial charge in [0.2, 0.25) is 0 Å². The number of benzene rings is 1. The largest absolute Gasteiger partial charge is 0.492 e. The van der Waals surface area contributed by atoms with E-state index in [2.05, 4.69) is 10.3 Å². The van der Waals surface area contributed by atoms with Gasteiger partial charge in [-0.1, -0.05) is 12.1 Å². The van der Waals surface area contributed by atoms with Crippen LogP contribution in [-0.2, 0) is 9.53 Å². The van der Waals surface area contributed by atoms with E-state index in [9.17, 15) is 9.59 Å². The third-order valence-corrected chi connectivity index (χ3v) is 3.00. The predicted octanol–water partition coefficient (Wildman–Crippen LogP) is 2.66. The molecule has 23 heavy (non-hydrogen) atoms. The Labute approximate surface area is 134 Å². The van der Waals surface area contributed by atoms with Crippen molar-refractivity contribution < 1.29 is 19.1 Å². The lowest BCUT2D eigenvalue weighted by molar-refractivity contribution is -0.123. The van der Waals surface area contributed by atoms with E-state index in [0.29, 0.717) is 23.6 Å². The summed E-state index contributed by atoms with van der Waals surface area (Å²) in [6, 6.07) is 10.3. The fourth-order valence-electron chi connectivity index (χ4n) is 1.85. The number of carbonyl (C=O) groups is 2. The van der Waals surface area contributed by atoms with Crippen LogP contribution in [0.15, 0.2) is 48.8 Å². The molecule has 0 bridgehead atoms. The molecule has 0 saturated heterocycles. The van der Waals surface area contributed by atoms with Crippen molar-refractivity contribution in [2.75, 3.05) is 11.9 Å². The van der Waals surface area contributed by atoms with Crippen LogP contribution in [0, 0.1) is 0 Å². The number of nitrogens with one attached hydrogen (secondary N) is 1. The van der Waals surface area contributed by atoms with Crippen LogP contribution < -0.4 is 10.1 Å². The lowest BCUT2D eigenvalue weighted by Crippen LogP contribution is -2.30. The Kier molecular flexibility index (Phi) is 5.68. The highest BCUT2D eigenvalue weighted by molar-refractivity contribution is 5.98. The minimum atomic E-state index is -0.947. The Balaban J connectivity index is 1.99. The van der Waals surface area contributed by atoms with Crippen LogP contribution in [0.1, 0.15) is 24.2 Å². The smallest absolute Gasteiger partial charge is 0.340 e. The van der Waals surface area contributed by atoms with Gasteiger partial charge < -0.3 is 14.8 Å². The van der Waals surface area contributed by atoms with E-state index in [1.54, 1.807) is 36.5 Å². The van der Waals surface area contributed by atoms with E-state index in [-0.39, 0.29) is 0 Å². The number of rotatable bonds is 6. The van der Waals surface area contributed by atoms with Crippen molar-refractivity contribution >= 4 is 17.6 Å². The zero-order valence-corrected chi connectivity index (χ0v) is 13.0. The second-order valence-electron chi connectivity index (χ2n) is 4.71. The summed E-state index contributed by atoms with van der Waals surface area (Å²) in [5, 5.41) is 2.70. The molecule has 0 saturated carbocycles. The number of anilines is 1. The number of hydrogen-bond donors (Lipinski definition) is 1. The SMILES string of the molecule is CCOc1ccccc1NC(=O)C(C)OC(=O)c1cccnc1. The van der Waals surface area contributed by atoms with Crippen LogP contribution in [0.3, 0.4) is 0 Å². The quantitative estimate of drug-likeness (QED) is 0.829. The minimum Gasteiger partial charge on any atom is -0.492 e. The lowest BCUT2D eigenvalue weighted by Gasteiger charge is -2.15. The van der Waals surface area contributed by atoms with Crippen LogP contribution in [0.4, 0.5) is 5.69 Å². The van der Waals surface area contributed by atoms with E-state index < -0.39 is 18.0 Å². The lowest BCUT2D eigenvalue weighted by atomic mass is 10.2. The molecule has 0 radical (unpaired) electrons. The van der Waals surface area contributed by atoms with Crippen molar-refractivity contribution in [1.29, 1.82) is 0 Å². The highest BCUT2D eigenvalue weighted by Crippen LogP contribution is 2.23. The van der Waals surface area contributed by atoms with Crippen molar-refractivity contribution in [2.24, 2.45) is 0 Å². The number of aromatic nitrogens is 1. The molecule has 0 aliphatic rings. The standard InChI is InChI=1S/C17H18N2O4/c1-3-22-15-9-5-4-8-14(15)19-16(20)12(2)23-17(21)13-7-6-10-18-11-13/h4-12H,3H2,1-2H3,(H,19,20). The van der Waals surface area contributed by atoms with Crippen molar-refractivity contribution in [3.8, 4) is 5.75 Å². The first-order chi connectivity index (χ1) is 11.1. The summed E-state index contributed by atoms with van der Waals surface area (Å²) in [6.07, 6.45) is 1.99. The van der Waals surface area contributed by atoms with Crippen molar-refractivity contribution in [3.05, 3.63) is 54.4 Å². The maximum Gasteiger partial charge on any atom is 0.340 e. The van der Waals surface area contributed by atoms with E-state index in [1.807, 2.05) is 13.0 Å². The van der Waals surface area contributed by atoms with Gasteiger partial charge in [-0.3, -0.25) is 9.78 Å². The van der Waals surface area contributed by atoms with Gasteiger partial charge in [-0.15, -0.1) is 0 Å². The third-order valence-electron chi connectivity index (χ3n) is 3.00. The molecule has 0 spiro atoms. The number of esters is 1. The Morgan fingerprint density at radius 3 is 2.70 bits per heavy atom. The molecular weight excluding hydrogens is 296 g/mol. The first-order valence-corrected chi connectivity index (χ1v) is 7.25. The van der Waals surface area contributed by atoms with Gasteiger partial charge in [0.05, 0.1) is 17.9 Å². The molecule has 2 aromatic rings. The normalized spacial score (nSPS) is 11.4. The molecule has 2 rings (SSSR count). The number of para-hydroxylation sites is 2. The molecule has 0 fully saturated rings. The van der Waals surface area contributed by atoms with E-state index in [0.717, 1.165) is 0 Å². The number of pyridine rings is 1. The molecule has 1 unspecified atom stereocenters. The van der Waals surface area contributed by atoms with Gasteiger partial charge in [-0.05, 0) is 38.1 Å². The number of nitrogens with zero attached hydrogens (tertiary/aromatic N) is 1. The Morgan fingerprint density at radius 1 is 1.22 bits per heavy atom. The fraction of sp³-hybridized carbons (Fsp3) is 0.235. The average molecular weight is 314 g/mol. The summed E-state index contributed by atoms with van der Waals surface area (Å²) >= 11 is 0. The van der Waals surface area contributed by atoms with E-state index in [1.165, 1.54) is 13.1 Å². The molecular formula is C17H18N2O4. The van der Waals surface area contributed by atoms with Crippen LogP contribution in [-0.4, -0.2) is 29.6 Å². The third kappa shape index (κ3) is 4.54. The Bertz CT molecular complexity index is 673. The van der Waals surface area contributed by atoms with Crippen LogP contribution in [0.25, 0.3) is 0 Å². The van der Waals surface area contributed by atoms with Gasteiger partial charge in [0.25, 0.3) is 5.91 Å². The molecule has 1 atom stereocenters. The minimum absolute atomic E-state index is 0.293. The maximum absolute atomic E-state index is 12.2. The molecule has 0 aliphatic carbocycles. The number of ether oxygens (including phenoxy) is 2. The van der Waals surface area contributed by atoms with Gasteiger partial charge in [0.15, 0.2) is 6.10 Å². The molecule has 1 heterocycles. The maximum atomic E-state index is 12.2. The second kappa shape index (κ2) is 7.93. The first-order valence-electron chi connectivity index (χ1n) is 7.25.